The van der Waals surface area contributed by atoms with Crippen LogP contribution < -0.4 is 0 Å². The molecule has 1 aliphatic rings. The molecule has 1 aromatic carbocycles. The Balaban J connectivity index is 1.63. The van der Waals surface area contributed by atoms with Gasteiger partial charge in [-0.2, -0.15) is 0 Å². The van der Waals surface area contributed by atoms with Gasteiger partial charge in [-0.25, -0.2) is 0 Å². The number of aromatic nitrogens is 4. The minimum Gasteiger partial charge on any atom is -0.316 e. The Morgan fingerprint density at radius 3 is 2.65 bits per heavy atom. The molecule has 4 rings (SSSR count). The van der Waals surface area contributed by atoms with E-state index in [4.69, 9.17) is 0 Å². The molecule has 0 spiro atoms. The standard InChI is InChI=1S/C24H27N5OS/c1-3-28(20-10-5-4-6-11-20)22(30)17-31-24-27-26-23(19-13-15-25-16-14-19)29(24)21-12-8-7-9-18(21)2/h7-10,12-16H,3-6,11,17H2,1-2H3. The Labute approximate surface area is 187 Å². The van der Waals surface area contributed by atoms with Gasteiger partial charge in [-0.3, -0.25) is 14.3 Å². The lowest BCUT2D eigenvalue weighted by molar-refractivity contribution is -0.126. The molecule has 2 heterocycles. The smallest absolute Gasteiger partial charge is 0.237 e. The fraction of sp³-hybridized carbons (Fsp3) is 0.333. The third-order valence-electron chi connectivity index (χ3n) is 5.48. The van der Waals surface area contributed by atoms with E-state index in [-0.39, 0.29) is 5.91 Å². The molecule has 1 amide bonds. The molecule has 0 N–H and O–H groups in total. The largest absolute Gasteiger partial charge is 0.316 e. The minimum atomic E-state index is 0.116. The number of para-hydroxylation sites is 1. The molecular formula is C24H27N5OS. The van der Waals surface area contributed by atoms with Crippen molar-refractivity contribution in [1.82, 2.24) is 24.6 Å². The van der Waals surface area contributed by atoms with Crippen LogP contribution >= 0.6 is 11.8 Å². The summed E-state index contributed by atoms with van der Waals surface area (Å²) in [5.41, 5.74) is 4.23. The summed E-state index contributed by atoms with van der Waals surface area (Å²) >= 11 is 1.44. The first-order chi connectivity index (χ1) is 15.2. The molecule has 0 aliphatic heterocycles. The highest BCUT2D eigenvalue weighted by atomic mass is 32.2. The van der Waals surface area contributed by atoms with E-state index in [0.29, 0.717) is 17.5 Å². The second-order valence-electron chi connectivity index (χ2n) is 7.53. The van der Waals surface area contributed by atoms with Crippen LogP contribution in [0.1, 0.15) is 38.2 Å². The zero-order valence-corrected chi connectivity index (χ0v) is 18.8. The third-order valence-corrected chi connectivity index (χ3v) is 6.40. The second-order valence-corrected chi connectivity index (χ2v) is 8.47. The molecule has 0 unspecified atom stereocenters. The van der Waals surface area contributed by atoms with Gasteiger partial charge in [0.15, 0.2) is 11.0 Å². The molecular weight excluding hydrogens is 406 g/mol. The summed E-state index contributed by atoms with van der Waals surface area (Å²) in [7, 11) is 0. The molecule has 2 aromatic heterocycles. The molecule has 0 radical (unpaired) electrons. The Morgan fingerprint density at radius 2 is 1.94 bits per heavy atom. The van der Waals surface area contributed by atoms with Gasteiger partial charge < -0.3 is 4.90 Å². The Bertz CT molecular complexity index is 1080. The van der Waals surface area contributed by atoms with Crippen molar-refractivity contribution < 1.29 is 4.79 Å². The maximum atomic E-state index is 13.0. The fourth-order valence-corrected chi connectivity index (χ4v) is 4.71. The van der Waals surface area contributed by atoms with Crippen molar-refractivity contribution in [3.05, 3.63) is 66.1 Å². The number of allylic oxidation sites excluding steroid dienone is 2. The van der Waals surface area contributed by atoms with Gasteiger partial charge >= 0.3 is 0 Å². The van der Waals surface area contributed by atoms with E-state index in [1.54, 1.807) is 12.4 Å². The molecule has 6 nitrogen and oxygen atoms in total. The molecule has 0 fully saturated rings. The molecule has 3 aromatic rings. The van der Waals surface area contributed by atoms with Gasteiger partial charge in [0.1, 0.15) is 0 Å². The van der Waals surface area contributed by atoms with Crippen molar-refractivity contribution in [3.63, 3.8) is 0 Å². The highest BCUT2D eigenvalue weighted by Gasteiger charge is 2.21. The second kappa shape index (κ2) is 9.92. The maximum Gasteiger partial charge on any atom is 0.237 e. The summed E-state index contributed by atoms with van der Waals surface area (Å²) in [6.45, 7) is 4.80. The Morgan fingerprint density at radius 1 is 1.13 bits per heavy atom. The number of rotatable bonds is 7. The molecule has 160 valence electrons. The van der Waals surface area contributed by atoms with Gasteiger partial charge in [-0.15, -0.1) is 10.2 Å². The minimum absolute atomic E-state index is 0.116. The number of carbonyl (C=O) groups excluding carboxylic acids is 1. The highest BCUT2D eigenvalue weighted by molar-refractivity contribution is 7.99. The quantitative estimate of drug-likeness (QED) is 0.489. The number of nitrogens with zero attached hydrogens (tertiary/aromatic N) is 5. The van der Waals surface area contributed by atoms with Crippen LogP contribution in [-0.4, -0.2) is 42.9 Å². The summed E-state index contributed by atoms with van der Waals surface area (Å²) in [4.78, 5) is 19.1. The first kappa shape index (κ1) is 21.3. The number of hydrogen-bond acceptors (Lipinski definition) is 5. The fourth-order valence-electron chi connectivity index (χ4n) is 3.89. The molecule has 1 aliphatic carbocycles. The zero-order chi connectivity index (χ0) is 21.6. The average Bonchev–Trinajstić information content (AvgIpc) is 3.23. The van der Waals surface area contributed by atoms with Crippen LogP contribution in [0.5, 0.6) is 0 Å². The van der Waals surface area contributed by atoms with Gasteiger partial charge in [0, 0.05) is 30.2 Å². The van der Waals surface area contributed by atoms with E-state index in [1.165, 1.54) is 18.2 Å². The number of aryl methyl sites for hydroxylation is 1. The average molecular weight is 434 g/mol. The van der Waals surface area contributed by atoms with E-state index in [2.05, 4.69) is 40.3 Å². The lowest BCUT2D eigenvalue weighted by Gasteiger charge is -2.26. The molecule has 0 bridgehead atoms. The monoisotopic (exact) mass is 433 g/mol. The van der Waals surface area contributed by atoms with Crippen molar-refractivity contribution in [2.45, 2.75) is 44.7 Å². The normalized spacial score (nSPS) is 13.7. The van der Waals surface area contributed by atoms with Crippen molar-refractivity contribution in [1.29, 1.82) is 0 Å². The summed E-state index contributed by atoms with van der Waals surface area (Å²) in [6.07, 6.45) is 10.1. The lowest BCUT2D eigenvalue weighted by Crippen LogP contribution is -2.32. The van der Waals surface area contributed by atoms with Gasteiger partial charge in [-0.05, 0) is 63.3 Å². The van der Waals surface area contributed by atoms with Gasteiger partial charge in [0.2, 0.25) is 5.91 Å². The van der Waals surface area contributed by atoms with Crippen molar-refractivity contribution in [2.24, 2.45) is 0 Å². The van der Waals surface area contributed by atoms with Crippen LogP contribution in [0.25, 0.3) is 17.1 Å². The summed E-state index contributed by atoms with van der Waals surface area (Å²) in [5, 5.41) is 9.63. The predicted octanol–water partition coefficient (Wildman–Crippen LogP) is 5.04. The number of amides is 1. The molecule has 0 saturated heterocycles. The van der Waals surface area contributed by atoms with Crippen LogP contribution in [0.3, 0.4) is 0 Å². The molecule has 7 heteroatoms. The number of hydrogen-bond donors (Lipinski definition) is 0. The molecule has 0 atom stereocenters. The number of benzene rings is 1. The first-order valence-electron chi connectivity index (χ1n) is 10.7. The summed E-state index contributed by atoms with van der Waals surface area (Å²) < 4.78 is 2.04. The van der Waals surface area contributed by atoms with Crippen molar-refractivity contribution in [3.8, 4) is 17.1 Å². The highest BCUT2D eigenvalue weighted by Crippen LogP contribution is 2.30. The Kier molecular flexibility index (Phi) is 6.82. The Hall–Kier alpha value is -2.93. The summed E-state index contributed by atoms with van der Waals surface area (Å²) in [5.74, 6) is 1.19. The molecule has 0 saturated carbocycles. The van der Waals surface area contributed by atoms with E-state index < -0.39 is 0 Å². The first-order valence-corrected chi connectivity index (χ1v) is 11.7. The zero-order valence-electron chi connectivity index (χ0n) is 18.0. The number of carbonyl (C=O) groups is 1. The van der Waals surface area contributed by atoms with Crippen LogP contribution in [0.15, 0.2) is 65.7 Å². The van der Waals surface area contributed by atoms with Crippen LogP contribution in [0.2, 0.25) is 0 Å². The van der Waals surface area contributed by atoms with E-state index in [1.807, 2.05) is 40.7 Å². The predicted molar refractivity (Wildman–Crippen MR) is 124 cm³/mol. The molecule has 31 heavy (non-hydrogen) atoms. The van der Waals surface area contributed by atoms with Crippen LogP contribution in [0.4, 0.5) is 0 Å². The lowest BCUT2D eigenvalue weighted by atomic mass is 10.0. The van der Waals surface area contributed by atoms with Crippen LogP contribution in [-0.2, 0) is 4.79 Å². The van der Waals surface area contributed by atoms with Gasteiger partial charge in [-0.1, -0.05) is 36.0 Å². The van der Waals surface area contributed by atoms with E-state index in [9.17, 15) is 4.79 Å². The van der Waals surface area contributed by atoms with E-state index in [0.717, 1.165) is 47.6 Å². The topological polar surface area (TPSA) is 63.9 Å². The number of thioether (sulfide) groups is 1. The SMILES string of the molecule is CCN(C(=O)CSc1nnc(-c2ccncc2)n1-c1ccccc1C)C1=CCCCC1. The van der Waals surface area contributed by atoms with Crippen molar-refractivity contribution >= 4 is 17.7 Å². The van der Waals surface area contributed by atoms with Gasteiger partial charge in [0.25, 0.3) is 0 Å². The van der Waals surface area contributed by atoms with Crippen LogP contribution in [0, 0.1) is 6.92 Å². The number of pyridine rings is 1. The van der Waals surface area contributed by atoms with E-state index >= 15 is 0 Å². The van der Waals surface area contributed by atoms with Crippen molar-refractivity contribution in [2.75, 3.05) is 12.3 Å². The third kappa shape index (κ3) is 4.71. The maximum absolute atomic E-state index is 13.0. The van der Waals surface area contributed by atoms with Gasteiger partial charge in [0.05, 0.1) is 11.4 Å². The summed E-state index contributed by atoms with van der Waals surface area (Å²) in [6, 6.07) is 12.0.